The zero-order valence-electron chi connectivity index (χ0n) is 12.5. The van der Waals surface area contributed by atoms with Crippen molar-refractivity contribution in [3.63, 3.8) is 0 Å². The lowest BCUT2D eigenvalue weighted by Crippen LogP contribution is -2.56. The van der Waals surface area contributed by atoms with E-state index >= 15 is 0 Å². The molecule has 1 fully saturated rings. The molecule has 0 spiro atoms. The van der Waals surface area contributed by atoms with Gasteiger partial charge in [0.1, 0.15) is 5.82 Å². The van der Waals surface area contributed by atoms with E-state index in [0.717, 1.165) is 25.2 Å². The van der Waals surface area contributed by atoms with E-state index in [2.05, 4.69) is 31.0 Å². The third-order valence-corrected chi connectivity index (χ3v) is 4.72. The van der Waals surface area contributed by atoms with Crippen molar-refractivity contribution in [2.75, 3.05) is 13.1 Å². The van der Waals surface area contributed by atoms with Gasteiger partial charge < -0.3 is 5.32 Å². The second-order valence-corrected chi connectivity index (χ2v) is 6.33. The van der Waals surface area contributed by atoms with Gasteiger partial charge in [0.2, 0.25) is 0 Å². The maximum Gasteiger partial charge on any atom is 0.141 e. The Morgan fingerprint density at radius 1 is 1.50 bits per heavy atom. The standard InChI is InChI=1S/C16H24ClFN2/c1-4-11(2)16-10-20(12(3)8-19-16)9-13-5-6-15(18)14(17)7-13/h5-7,11-12,16,19H,4,8-10H2,1-3H3. The van der Waals surface area contributed by atoms with Crippen molar-refractivity contribution < 1.29 is 4.39 Å². The van der Waals surface area contributed by atoms with Crippen LogP contribution in [0.5, 0.6) is 0 Å². The molecule has 1 aromatic carbocycles. The fraction of sp³-hybridized carbons (Fsp3) is 0.625. The molecular weight excluding hydrogens is 275 g/mol. The Hall–Kier alpha value is -0.640. The molecule has 0 radical (unpaired) electrons. The summed E-state index contributed by atoms with van der Waals surface area (Å²) in [6.45, 7) is 9.62. The van der Waals surface area contributed by atoms with E-state index in [9.17, 15) is 4.39 Å². The maximum absolute atomic E-state index is 13.2. The molecule has 0 aromatic heterocycles. The molecule has 112 valence electrons. The number of nitrogens with one attached hydrogen (secondary N) is 1. The predicted molar refractivity (Wildman–Crippen MR) is 82.5 cm³/mol. The molecule has 1 saturated heterocycles. The van der Waals surface area contributed by atoms with Crippen molar-refractivity contribution >= 4 is 11.6 Å². The van der Waals surface area contributed by atoms with Gasteiger partial charge in [-0.1, -0.05) is 37.9 Å². The first kappa shape index (κ1) is 15.7. The van der Waals surface area contributed by atoms with Crippen molar-refractivity contribution in [2.45, 2.75) is 45.8 Å². The largest absolute Gasteiger partial charge is 0.311 e. The minimum atomic E-state index is -0.346. The molecule has 0 aliphatic carbocycles. The lowest BCUT2D eigenvalue weighted by atomic mass is 9.95. The van der Waals surface area contributed by atoms with Crippen molar-refractivity contribution in [3.05, 3.63) is 34.6 Å². The summed E-state index contributed by atoms with van der Waals surface area (Å²) in [5, 5.41) is 3.84. The Morgan fingerprint density at radius 2 is 2.25 bits per heavy atom. The Labute approximate surface area is 126 Å². The van der Waals surface area contributed by atoms with E-state index < -0.39 is 0 Å². The van der Waals surface area contributed by atoms with Crippen molar-refractivity contribution in [1.82, 2.24) is 10.2 Å². The molecule has 1 aliphatic rings. The highest BCUT2D eigenvalue weighted by atomic mass is 35.5. The van der Waals surface area contributed by atoms with Crippen LogP contribution in [0, 0.1) is 11.7 Å². The van der Waals surface area contributed by atoms with Crippen LogP contribution in [0.3, 0.4) is 0 Å². The number of hydrogen-bond acceptors (Lipinski definition) is 2. The predicted octanol–water partition coefficient (Wildman–Crippen LogP) is 3.69. The van der Waals surface area contributed by atoms with Crippen LogP contribution in [0.2, 0.25) is 5.02 Å². The number of hydrogen-bond donors (Lipinski definition) is 1. The Balaban J connectivity index is 2.04. The summed E-state index contributed by atoms with van der Waals surface area (Å²) in [6, 6.07) is 6.04. The number of benzene rings is 1. The van der Waals surface area contributed by atoms with E-state index in [1.807, 2.05) is 6.07 Å². The normalized spacial score (nSPS) is 25.6. The summed E-state index contributed by atoms with van der Waals surface area (Å²) >= 11 is 5.86. The highest BCUT2D eigenvalue weighted by molar-refractivity contribution is 6.30. The molecule has 1 N–H and O–H groups in total. The van der Waals surface area contributed by atoms with Crippen LogP contribution in [0.25, 0.3) is 0 Å². The van der Waals surface area contributed by atoms with E-state index in [0.29, 0.717) is 18.0 Å². The lowest BCUT2D eigenvalue weighted by Gasteiger charge is -2.41. The van der Waals surface area contributed by atoms with Crippen LogP contribution >= 0.6 is 11.6 Å². The second-order valence-electron chi connectivity index (χ2n) is 5.93. The van der Waals surface area contributed by atoms with Gasteiger partial charge in [-0.3, -0.25) is 4.90 Å². The molecule has 0 saturated carbocycles. The molecule has 1 aliphatic heterocycles. The van der Waals surface area contributed by atoms with Gasteiger partial charge in [0, 0.05) is 31.7 Å². The average molecular weight is 299 g/mol. The summed E-state index contributed by atoms with van der Waals surface area (Å²) in [5.41, 5.74) is 1.08. The molecule has 20 heavy (non-hydrogen) atoms. The second kappa shape index (κ2) is 6.88. The first-order valence-electron chi connectivity index (χ1n) is 7.42. The highest BCUT2D eigenvalue weighted by Gasteiger charge is 2.27. The van der Waals surface area contributed by atoms with E-state index in [1.54, 1.807) is 6.07 Å². The van der Waals surface area contributed by atoms with Crippen LogP contribution in [-0.2, 0) is 6.54 Å². The topological polar surface area (TPSA) is 15.3 Å². The van der Waals surface area contributed by atoms with E-state index in [4.69, 9.17) is 11.6 Å². The quantitative estimate of drug-likeness (QED) is 0.912. The molecule has 0 bridgehead atoms. The number of rotatable bonds is 4. The van der Waals surface area contributed by atoms with Crippen LogP contribution in [0.1, 0.15) is 32.8 Å². The molecule has 2 nitrogen and oxygen atoms in total. The minimum absolute atomic E-state index is 0.212. The molecule has 4 heteroatoms. The highest BCUT2D eigenvalue weighted by Crippen LogP contribution is 2.21. The monoisotopic (exact) mass is 298 g/mol. The Morgan fingerprint density at radius 3 is 2.90 bits per heavy atom. The molecule has 1 heterocycles. The fourth-order valence-corrected chi connectivity index (χ4v) is 2.91. The molecule has 2 rings (SSSR count). The number of piperazine rings is 1. The van der Waals surface area contributed by atoms with Crippen LogP contribution in [-0.4, -0.2) is 30.1 Å². The van der Waals surface area contributed by atoms with E-state index in [1.165, 1.54) is 12.5 Å². The van der Waals surface area contributed by atoms with Gasteiger partial charge in [0.15, 0.2) is 0 Å². The summed E-state index contributed by atoms with van der Waals surface area (Å²) in [4.78, 5) is 2.46. The van der Waals surface area contributed by atoms with Crippen LogP contribution in [0.15, 0.2) is 18.2 Å². The van der Waals surface area contributed by atoms with Gasteiger partial charge in [0.05, 0.1) is 5.02 Å². The molecule has 1 aromatic rings. The zero-order valence-corrected chi connectivity index (χ0v) is 13.3. The van der Waals surface area contributed by atoms with Gasteiger partial charge in [-0.05, 0) is 30.5 Å². The molecule has 3 atom stereocenters. The maximum atomic E-state index is 13.2. The van der Waals surface area contributed by atoms with Gasteiger partial charge in [-0.25, -0.2) is 4.39 Å². The minimum Gasteiger partial charge on any atom is -0.311 e. The van der Waals surface area contributed by atoms with Crippen LogP contribution in [0.4, 0.5) is 4.39 Å². The third-order valence-electron chi connectivity index (χ3n) is 4.43. The first-order chi connectivity index (χ1) is 9.51. The van der Waals surface area contributed by atoms with Crippen LogP contribution < -0.4 is 5.32 Å². The summed E-state index contributed by atoms with van der Waals surface area (Å²) in [6.07, 6.45) is 1.18. The summed E-state index contributed by atoms with van der Waals surface area (Å²) in [5.74, 6) is 0.322. The molecule has 0 amide bonds. The third kappa shape index (κ3) is 3.72. The SMILES string of the molecule is CCC(C)C1CN(Cc2ccc(F)c(Cl)c2)C(C)CN1. The Bertz CT molecular complexity index is 452. The van der Waals surface area contributed by atoms with Gasteiger partial charge >= 0.3 is 0 Å². The van der Waals surface area contributed by atoms with Crippen molar-refractivity contribution in [2.24, 2.45) is 5.92 Å². The van der Waals surface area contributed by atoms with Gasteiger partial charge in [-0.2, -0.15) is 0 Å². The average Bonchev–Trinajstić information content (AvgIpc) is 2.44. The van der Waals surface area contributed by atoms with Gasteiger partial charge in [0.25, 0.3) is 0 Å². The Kier molecular flexibility index (Phi) is 5.42. The fourth-order valence-electron chi connectivity index (χ4n) is 2.71. The van der Waals surface area contributed by atoms with E-state index in [-0.39, 0.29) is 10.8 Å². The first-order valence-corrected chi connectivity index (χ1v) is 7.80. The lowest BCUT2D eigenvalue weighted by molar-refractivity contribution is 0.112. The number of nitrogens with zero attached hydrogens (tertiary/aromatic N) is 1. The van der Waals surface area contributed by atoms with Crippen molar-refractivity contribution in [1.29, 1.82) is 0 Å². The zero-order chi connectivity index (χ0) is 14.7. The van der Waals surface area contributed by atoms with Gasteiger partial charge in [-0.15, -0.1) is 0 Å². The summed E-state index contributed by atoms with van der Waals surface area (Å²) < 4.78 is 13.2. The molecular formula is C16H24ClFN2. The summed E-state index contributed by atoms with van der Waals surface area (Å²) in [7, 11) is 0. The number of halogens is 2. The smallest absolute Gasteiger partial charge is 0.141 e. The molecule has 3 unspecified atom stereocenters. The van der Waals surface area contributed by atoms with Crippen molar-refractivity contribution in [3.8, 4) is 0 Å².